The van der Waals surface area contributed by atoms with Crippen molar-refractivity contribution in [2.75, 3.05) is 13.1 Å². The van der Waals surface area contributed by atoms with E-state index >= 15 is 0 Å². The number of rotatable bonds is 5. The van der Waals surface area contributed by atoms with Crippen molar-refractivity contribution >= 4 is 16.9 Å². The van der Waals surface area contributed by atoms with Crippen molar-refractivity contribution in [3.8, 4) is 0 Å². The van der Waals surface area contributed by atoms with Gasteiger partial charge in [-0.1, -0.05) is 38.3 Å². The summed E-state index contributed by atoms with van der Waals surface area (Å²) >= 11 is 0. The van der Waals surface area contributed by atoms with Crippen LogP contribution in [0.15, 0.2) is 33.5 Å². The Labute approximate surface area is 172 Å². The zero-order chi connectivity index (χ0) is 20.2. The van der Waals surface area contributed by atoms with Gasteiger partial charge in [0.15, 0.2) is 0 Å². The van der Waals surface area contributed by atoms with Crippen LogP contribution in [0.3, 0.4) is 0 Å². The number of carbonyl (C=O) groups is 1. The largest absolute Gasteiger partial charge is 0.423 e. The number of hydrogen-bond donors (Lipinski definition) is 1. The van der Waals surface area contributed by atoms with E-state index in [1.807, 2.05) is 6.07 Å². The second kappa shape index (κ2) is 9.12. The average molecular weight is 397 g/mol. The Morgan fingerprint density at radius 1 is 1.14 bits per heavy atom. The monoisotopic (exact) mass is 396 g/mol. The fourth-order valence-corrected chi connectivity index (χ4v) is 4.85. The molecule has 5 nitrogen and oxygen atoms in total. The molecule has 1 saturated carbocycles. The van der Waals surface area contributed by atoms with Crippen LogP contribution in [0.2, 0.25) is 0 Å². The van der Waals surface area contributed by atoms with E-state index in [-0.39, 0.29) is 17.5 Å². The number of nitrogens with one attached hydrogen (secondary N) is 1. The second-order valence-corrected chi connectivity index (χ2v) is 8.69. The fraction of sp³-hybridized carbons (Fsp3) is 0.583. The van der Waals surface area contributed by atoms with E-state index in [9.17, 15) is 9.59 Å². The summed E-state index contributed by atoms with van der Waals surface area (Å²) in [5.74, 6) is 0.260. The minimum Gasteiger partial charge on any atom is -0.423 e. The maximum Gasteiger partial charge on any atom is 0.336 e. The Bertz CT molecular complexity index is 914. The van der Waals surface area contributed by atoms with Gasteiger partial charge in [0.25, 0.3) is 0 Å². The minimum atomic E-state index is -0.302. The van der Waals surface area contributed by atoms with E-state index in [2.05, 4.69) is 29.3 Å². The second-order valence-electron chi connectivity index (χ2n) is 8.69. The highest BCUT2D eigenvalue weighted by Gasteiger charge is 2.28. The predicted octanol–water partition coefficient (Wildman–Crippen LogP) is 4.02. The smallest absolute Gasteiger partial charge is 0.336 e. The third-order valence-electron chi connectivity index (χ3n) is 6.52. The van der Waals surface area contributed by atoms with Crippen molar-refractivity contribution in [2.24, 2.45) is 5.92 Å². The minimum absolute atomic E-state index is 0.0451. The molecule has 1 saturated heterocycles. The van der Waals surface area contributed by atoms with Gasteiger partial charge in [0, 0.05) is 30.6 Å². The van der Waals surface area contributed by atoms with Crippen LogP contribution >= 0.6 is 0 Å². The molecule has 4 rings (SSSR count). The Morgan fingerprint density at radius 2 is 1.97 bits per heavy atom. The van der Waals surface area contributed by atoms with E-state index in [4.69, 9.17) is 4.42 Å². The molecule has 0 bridgehead atoms. The Kier molecular flexibility index (Phi) is 6.34. The first-order valence-electron chi connectivity index (χ1n) is 11.2. The predicted molar refractivity (Wildman–Crippen MR) is 115 cm³/mol. The lowest BCUT2D eigenvalue weighted by Crippen LogP contribution is -2.46. The SMILES string of the molecule is CCc1ccc2c(CN3CCCC(C(=O)NC4CCCCC4)C3)cc(=O)oc2c1. The topological polar surface area (TPSA) is 62.6 Å². The average Bonchev–Trinajstić information content (AvgIpc) is 2.74. The maximum atomic E-state index is 12.8. The van der Waals surface area contributed by atoms with Crippen LogP contribution in [0.1, 0.15) is 63.0 Å². The summed E-state index contributed by atoms with van der Waals surface area (Å²) in [5, 5.41) is 4.29. The summed E-state index contributed by atoms with van der Waals surface area (Å²) in [7, 11) is 0. The Balaban J connectivity index is 1.45. The fourth-order valence-electron chi connectivity index (χ4n) is 4.85. The van der Waals surface area contributed by atoms with Crippen LogP contribution in [0.5, 0.6) is 0 Å². The highest BCUT2D eigenvalue weighted by Crippen LogP contribution is 2.24. The number of fused-ring (bicyclic) bond motifs is 1. The molecular formula is C24H32N2O3. The standard InChI is InChI=1S/C24H32N2O3/c1-2-17-10-11-21-19(14-23(27)29-22(21)13-17)16-26-12-6-7-18(15-26)24(28)25-20-8-4-3-5-9-20/h10-11,13-14,18,20H,2-9,12,15-16H2,1H3,(H,25,28). The molecule has 2 fully saturated rings. The third-order valence-corrected chi connectivity index (χ3v) is 6.52. The zero-order valence-corrected chi connectivity index (χ0v) is 17.4. The van der Waals surface area contributed by atoms with Crippen molar-refractivity contribution < 1.29 is 9.21 Å². The summed E-state index contributed by atoms with van der Waals surface area (Å²) in [6, 6.07) is 8.10. The summed E-state index contributed by atoms with van der Waals surface area (Å²) in [6.45, 7) is 4.49. The molecule has 1 amide bonds. The lowest BCUT2D eigenvalue weighted by atomic mass is 9.92. The van der Waals surface area contributed by atoms with Gasteiger partial charge >= 0.3 is 5.63 Å². The summed E-state index contributed by atoms with van der Waals surface area (Å²) in [5.41, 5.74) is 2.52. The number of hydrogen-bond acceptors (Lipinski definition) is 4. The first-order valence-corrected chi connectivity index (χ1v) is 11.2. The van der Waals surface area contributed by atoms with Gasteiger partial charge in [0.05, 0.1) is 5.92 Å². The summed E-state index contributed by atoms with van der Waals surface area (Å²) in [4.78, 5) is 27.2. The lowest BCUT2D eigenvalue weighted by molar-refractivity contribution is -0.127. The van der Waals surface area contributed by atoms with Gasteiger partial charge in [0.1, 0.15) is 5.58 Å². The molecular weight excluding hydrogens is 364 g/mol. The molecule has 29 heavy (non-hydrogen) atoms. The normalized spacial score (nSPS) is 21.3. The molecule has 1 aromatic heterocycles. The van der Waals surface area contributed by atoms with Gasteiger partial charge in [-0.25, -0.2) is 4.79 Å². The van der Waals surface area contributed by atoms with Gasteiger partial charge < -0.3 is 9.73 Å². The molecule has 1 aliphatic carbocycles. The van der Waals surface area contributed by atoms with E-state index in [0.717, 1.165) is 61.7 Å². The van der Waals surface area contributed by atoms with Gasteiger partial charge in [-0.15, -0.1) is 0 Å². The van der Waals surface area contributed by atoms with E-state index < -0.39 is 0 Å². The zero-order valence-electron chi connectivity index (χ0n) is 17.4. The van der Waals surface area contributed by atoms with Crippen LogP contribution in [0.25, 0.3) is 11.0 Å². The lowest BCUT2D eigenvalue weighted by Gasteiger charge is -2.33. The van der Waals surface area contributed by atoms with Gasteiger partial charge in [-0.2, -0.15) is 0 Å². The first-order chi connectivity index (χ1) is 14.1. The van der Waals surface area contributed by atoms with Crippen LogP contribution in [0, 0.1) is 5.92 Å². The molecule has 1 N–H and O–H groups in total. The molecule has 0 spiro atoms. The molecule has 0 radical (unpaired) electrons. The highest BCUT2D eigenvalue weighted by molar-refractivity contribution is 5.81. The van der Waals surface area contributed by atoms with E-state index in [0.29, 0.717) is 18.2 Å². The molecule has 1 aromatic carbocycles. The van der Waals surface area contributed by atoms with Gasteiger partial charge in [-0.05, 0) is 55.8 Å². The summed E-state index contributed by atoms with van der Waals surface area (Å²) < 4.78 is 5.44. The van der Waals surface area contributed by atoms with Crippen LogP contribution in [0.4, 0.5) is 0 Å². The molecule has 2 heterocycles. The number of nitrogens with zero attached hydrogens (tertiary/aromatic N) is 1. The molecule has 5 heteroatoms. The molecule has 1 aliphatic heterocycles. The first kappa shape index (κ1) is 20.1. The number of benzene rings is 1. The van der Waals surface area contributed by atoms with Crippen molar-refractivity contribution in [3.63, 3.8) is 0 Å². The van der Waals surface area contributed by atoms with Crippen molar-refractivity contribution in [3.05, 3.63) is 45.8 Å². The third kappa shape index (κ3) is 4.89. The Hall–Kier alpha value is -2.14. The van der Waals surface area contributed by atoms with Crippen LogP contribution < -0.4 is 10.9 Å². The molecule has 156 valence electrons. The maximum absolute atomic E-state index is 12.8. The van der Waals surface area contributed by atoms with Crippen molar-refractivity contribution in [2.45, 2.75) is 70.9 Å². The van der Waals surface area contributed by atoms with Crippen molar-refractivity contribution in [1.82, 2.24) is 10.2 Å². The highest BCUT2D eigenvalue weighted by atomic mass is 16.4. The number of aryl methyl sites for hydroxylation is 1. The van der Waals surface area contributed by atoms with E-state index in [1.54, 1.807) is 6.07 Å². The molecule has 2 aliphatic rings. The Morgan fingerprint density at radius 3 is 2.76 bits per heavy atom. The quantitative estimate of drug-likeness (QED) is 0.776. The van der Waals surface area contributed by atoms with Crippen molar-refractivity contribution in [1.29, 1.82) is 0 Å². The van der Waals surface area contributed by atoms with Crippen LogP contribution in [-0.4, -0.2) is 29.9 Å². The van der Waals surface area contributed by atoms with Gasteiger partial charge in [0.2, 0.25) is 5.91 Å². The number of likely N-dealkylation sites (tertiary alicyclic amines) is 1. The number of amides is 1. The number of carbonyl (C=O) groups excluding carboxylic acids is 1. The van der Waals surface area contributed by atoms with Gasteiger partial charge in [-0.3, -0.25) is 9.69 Å². The van der Waals surface area contributed by atoms with Crippen LogP contribution in [-0.2, 0) is 17.8 Å². The molecule has 1 unspecified atom stereocenters. The molecule has 1 atom stereocenters. The molecule has 2 aromatic rings. The summed E-state index contributed by atoms with van der Waals surface area (Å²) in [6.07, 6.45) is 8.86. The van der Waals surface area contributed by atoms with E-state index in [1.165, 1.54) is 19.3 Å². The number of piperidine rings is 1.